The number of aryl methyl sites for hydroxylation is 1. The lowest BCUT2D eigenvalue weighted by Crippen LogP contribution is -2.38. The van der Waals surface area contributed by atoms with Crippen LogP contribution >= 0.6 is 24.0 Å². The number of nitrogens with one attached hydrogen (secondary N) is 2. The summed E-state index contributed by atoms with van der Waals surface area (Å²) in [6.45, 7) is 6.19. The fraction of sp³-hybridized carbons (Fsp3) is 0.667. The third kappa shape index (κ3) is 7.06. The summed E-state index contributed by atoms with van der Waals surface area (Å²) >= 11 is 0. The van der Waals surface area contributed by atoms with Gasteiger partial charge in [0.2, 0.25) is 0 Å². The maximum absolute atomic E-state index is 4.40. The Kier molecular flexibility index (Phi) is 9.52. The molecule has 0 radical (unpaired) electrons. The van der Waals surface area contributed by atoms with Crippen LogP contribution in [0.4, 0.5) is 0 Å². The molecule has 1 aliphatic rings. The van der Waals surface area contributed by atoms with Gasteiger partial charge in [-0.05, 0) is 43.2 Å². The number of hydrogen-bond donors (Lipinski definition) is 2. The molecule has 0 aliphatic heterocycles. The van der Waals surface area contributed by atoms with Crippen LogP contribution in [-0.4, -0.2) is 24.5 Å². The molecule has 1 heterocycles. The van der Waals surface area contributed by atoms with Crippen molar-refractivity contribution in [2.75, 3.05) is 13.6 Å². The Balaban J connectivity index is 0.00000264. The van der Waals surface area contributed by atoms with E-state index in [1.165, 1.54) is 37.7 Å². The maximum Gasteiger partial charge on any atom is 0.191 e. The van der Waals surface area contributed by atoms with Gasteiger partial charge in [0, 0.05) is 19.8 Å². The van der Waals surface area contributed by atoms with E-state index in [2.05, 4.69) is 40.5 Å². The number of halogens is 1. The zero-order valence-corrected chi connectivity index (χ0v) is 17.0. The summed E-state index contributed by atoms with van der Waals surface area (Å²) in [4.78, 5) is 8.70. The van der Waals surface area contributed by atoms with E-state index >= 15 is 0 Å². The molecule has 2 unspecified atom stereocenters. The third-order valence-corrected chi connectivity index (χ3v) is 4.65. The van der Waals surface area contributed by atoms with E-state index in [0.29, 0.717) is 6.54 Å². The first-order valence-corrected chi connectivity index (χ1v) is 8.54. The van der Waals surface area contributed by atoms with Crippen molar-refractivity contribution < 1.29 is 0 Å². The highest BCUT2D eigenvalue weighted by Crippen LogP contribution is 2.30. The molecule has 2 atom stereocenters. The van der Waals surface area contributed by atoms with Gasteiger partial charge in [0.05, 0.1) is 12.2 Å². The predicted molar refractivity (Wildman–Crippen MR) is 108 cm³/mol. The average Bonchev–Trinajstić information content (AvgIpc) is 2.52. The molecule has 1 fully saturated rings. The summed E-state index contributed by atoms with van der Waals surface area (Å²) in [6.07, 6.45) is 8.68. The largest absolute Gasteiger partial charge is 0.356 e. The molecule has 2 rings (SSSR count). The Morgan fingerprint density at radius 1 is 1.35 bits per heavy atom. The molecule has 23 heavy (non-hydrogen) atoms. The fourth-order valence-corrected chi connectivity index (χ4v) is 3.31. The number of aromatic nitrogens is 1. The van der Waals surface area contributed by atoms with Gasteiger partial charge in [-0.15, -0.1) is 24.0 Å². The Hall–Kier alpha value is -0.850. The quantitative estimate of drug-likeness (QED) is 0.424. The second-order valence-electron chi connectivity index (χ2n) is 6.55. The topological polar surface area (TPSA) is 49.3 Å². The van der Waals surface area contributed by atoms with Crippen LogP contribution in [0.25, 0.3) is 0 Å². The Labute approximate surface area is 158 Å². The van der Waals surface area contributed by atoms with E-state index in [0.717, 1.165) is 30.0 Å². The first-order chi connectivity index (χ1) is 10.7. The van der Waals surface area contributed by atoms with Gasteiger partial charge in [-0.3, -0.25) is 9.98 Å². The van der Waals surface area contributed by atoms with Crippen molar-refractivity contribution in [1.82, 2.24) is 15.6 Å². The van der Waals surface area contributed by atoms with Crippen LogP contribution in [0.3, 0.4) is 0 Å². The molecule has 0 saturated heterocycles. The Morgan fingerprint density at radius 3 is 2.87 bits per heavy atom. The molecule has 1 aliphatic carbocycles. The van der Waals surface area contributed by atoms with Crippen molar-refractivity contribution in [3.63, 3.8) is 0 Å². The smallest absolute Gasteiger partial charge is 0.191 e. The van der Waals surface area contributed by atoms with Crippen molar-refractivity contribution in [3.8, 4) is 0 Å². The summed E-state index contributed by atoms with van der Waals surface area (Å²) in [6, 6.07) is 4.06. The van der Waals surface area contributed by atoms with Crippen molar-refractivity contribution in [1.29, 1.82) is 0 Å². The van der Waals surface area contributed by atoms with Crippen LogP contribution in [0, 0.1) is 18.8 Å². The van der Waals surface area contributed by atoms with Crippen LogP contribution in [0.5, 0.6) is 0 Å². The van der Waals surface area contributed by atoms with Gasteiger partial charge in [0.15, 0.2) is 5.96 Å². The number of rotatable bonds is 5. The molecule has 1 aromatic heterocycles. The van der Waals surface area contributed by atoms with Gasteiger partial charge in [0.1, 0.15) is 0 Å². The first-order valence-electron chi connectivity index (χ1n) is 8.54. The van der Waals surface area contributed by atoms with E-state index in [9.17, 15) is 0 Å². The van der Waals surface area contributed by atoms with Gasteiger partial charge in [0.25, 0.3) is 0 Å². The van der Waals surface area contributed by atoms with E-state index < -0.39 is 0 Å². The predicted octanol–water partition coefficient (Wildman–Crippen LogP) is 3.89. The second-order valence-corrected chi connectivity index (χ2v) is 6.55. The Bertz CT molecular complexity index is 490. The molecule has 5 heteroatoms. The standard InChI is InChI=1S/C18H30N4.HI/c1-14-6-4-8-16(12-14)9-11-21-18(19-3)22-13-17-15(2)7-5-10-20-17;/h5,7,10,14,16H,4,6,8-9,11-13H2,1-3H3,(H2,19,21,22);1H. The highest BCUT2D eigenvalue weighted by molar-refractivity contribution is 14.0. The summed E-state index contributed by atoms with van der Waals surface area (Å²) in [5.74, 6) is 2.66. The maximum atomic E-state index is 4.40. The molecule has 4 nitrogen and oxygen atoms in total. The molecule has 2 N–H and O–H groups in total. The van der Waals surface area contributed by atoms with E-state index in [4.69, 9.17) is 0 Å². The molecular weight excluding hydrogens is 399 g/mol. The minimum absolute atomic E-state index is 0. The molecular formula is C18H31IN4. The molecule has 0 amide bonds. The number of guanidine groups is 1. The van der Waals surface area contributed by atoms with Crippen molar-refractivity contribution >= 4 is 29.9 Å². The fourth-order valence-electron chi connectivity index (χ4n) is 3.31. The lowest BCUT2D eigenvalue weighted by atomic mass is 9.81. The normalized spacial score (nSPS) is 21.4. The number of nitrogens with zero attached hydrogens (tertiary/aromatic N) is 2. The van der Waals surface area contributed by atoms with E-state index in [-0.39, 0.29) is 24.0 Å². The first kappa shape index (κ1) is 20.2. The monoisotopic (exact) mass is 430 g/mol. The molecule has 1 aromatic rings. The van der Waals surface area contributed by atoms with Crippen LogP contribution < -0.4 is 10.6 Å². The van der Waals surface area contributed by atoms with Crippen molar-refractivity contribution in [2.45, 2.75) is 52.5 Å². The highest BCUT2D eigenvalue weighted by atomic mass is 127. The molecule has 0 bridgehead atoms. The average molecular weight is 430 g/mol. The second kappa shape index (κ2) is 10.8. The summed E-state index contributed by atoms with van der Waals surface area (Å²) < 4.78 is 0. The van der Waals surface area contributed by atoms with Crippen LogP contribution in [-0.2, 0) is 6.54 Å². The number of pyridine rings is 1. The summed E-state index contributed by atoms with van der Waals surface area (Å²) in [5.41, 5.74) is 2.29. The van der Waals surface area contributed by atoms with Crippen LogP contribution in [0.15, 0.2) is 23.3 Å². The number of aliphatic imine (C=N–C) groups is 1. The third-order valence-electron chi connectivity index (χ3n) is 4.65. The minimum Gasteiger partial charge on any atom is -0.356 e. The van der Waals surface area contributed by atoms with Gasteiger partial charge < -0.3 is 10.6 Å². The van der Waals surface area contributed by atoms with Crippen molar-refractivity contribution in [2.24, 2.45) is 16.8 Å². The molecule has 130 valence electrons. The summed E-state index contributed by atoms with van der Waals surface area (Å²) in [5, 5.41) is 6.78. The van der Waals surface area contributed by atoms with Crippen molar-refractivity contribution in [3.05, 3.63) is 29.6 Å². The zero-order valence-electron chi connectivity index (χ0n) is 14.6. The lowest BCUT2D eigenvalue weighted by Gasteiger charge is -2.26. The highest BCUT2D eigenvalue weighted by Gasteiger charge is 2.18. The van der Waals surface area contributed by atoms with Gasteiger partial charge in [-0.1, -0.05) is 32.3 Å². The molecule has 1 saturated carbocycles. The van der Waals surface area contributed by atoms with Gasteiger partial charge >= 0.3 is 0 Å². The minimum atomic E-state index is 0. The lowest BCUT2D eigenvalue weighted by molar-refractivity contribution is 0.270. The molecule has 0 aromatic carbocycles. The molecule has 0 spiro atoms. The zero-order chi connectivity index (χ0) is 15.8. The van der Waals surface area contributed by atoms with E-state index in [1.807, 2.05) is 19.3 Å². The SMILES string of the molecule is CN=C(NCCC1CCCC(C)C1)NCc1ncccc1C.I. The Morgan fingerprint density at radius 2 is 2.17 bits per heavy atom. The van der Waals surface area contributed by atoms with Crippen LogP contribution in [0.1, 0.15) is 50.3 Å². The summed E-state index contributed by atoms with van der Waals surface area (Å²) in [7, 11) is 1.82. The van der Waals surface area contributed by atoms with Gasteiger partial charge in [-0.2, -0.15) is 0 Å². The number of hydrogen-bond acceptors (Lipinski definition) is 2. The van der Waals surface area contributed by atoms with E-state index in [1.54, 1.807) is 0 Å². The van der Waals surface area contributed by atoms with Crippen LogP contribution in [0.2, 0.25) is 0 Å². The van der Waals surface area contributed by atoms with Gasteiger partial charge in [-0.25, -0.2) is 0 Å².